The van der Waals surface area contributed by atoms with E-state index in [1.165, 1.54) is 16.5 Å². The normalized spacial score (nSPS) is 15.1. The lowest BCUT2D eigenvalue weighted by Crippen LogP contribution is -2.28. The number of aromatic nitrogens is 2. The van der Waals surface area contributed by atoms with Gasteiger partial charge in [0, 0.05) is 52.7 Å². The number of aromatic amines is 1. The maximum absolute atomic E-state index is 14.0. The lowest BCUT2D eigenvalue weighted by atomic mass is 9.92. The molecule has 180 valence electrons. The summed E-state index contributed by atoms with van der Waals surface area (Å²) in [7, 11) is 2.13. The predicted octanol–water partition coefficient (Wildman–Crippen LogP) is 7.38. The summed E-state index contributed by atoms with van der Waals surface area (Å²) in [6.07, 6.45) is 2.04. The van der Waals surface area contributed by atoms with Gasteiger partial charge in [0.25, 0.3) is 5.91 Å². The van der Waals surface area contributed by atoms with E-state index in [4.69, 9.17) is 0 Å². The molecule has 0 saturated heterocycles. The van der Waals surface area contributed by atoms with Crippen LogP contribution in [0, 0.1) is 6.92 Å². The molecule has 6 aromatic rings. The molecule has 1 amide bonds. The van der Waals surface area contributed by atoms with Crippen molar-refractivity contribution >= 4 is 27.7 Å². The highest BCUT2D eigenvalue weighted by Crippen LogP contribution is 2.47. The number of amides is 1. The number of nitrogens with one attached hydrogen (secondary N) is 1. The van der Waals surface area contributed by atoms with Crippen molar-refractivity contribution in [2.45, 2.75) is 19.5 Å². The Morgan fingerprint density at radius 3 is 2.35 bits per heavy atom. The Morgan fingerprint density at radius 1 is 0.811 bits per heavy atom. The molecule has 0 spiro atoms. The van der Waals surface area contributed by atoms with Gasteiger partial charge in [0.2, 0.25) is 0 Å². The molecule has 0 saturated carbocycles. The number of aryl methyl sites for hydroxylation is 2. The van der Waals surface area contributed by atoms with Crippen LogP contribution in [0.3, 0.4) is 0 Å². The lowest BCUT2D eigenvalue weighted by Gasteiger charge is -2.27. The molecular weight excluding hydrogens is 454 g/mol. The van der Waals surface area contributed by atoms with E-state index >= 15 is 0 Å². The molecule has 4 heteroatoms. The first-order chi connectivity index (χ1) is 18.1. The molecule has 1 aliphatic heterocycles. The van der Waals surface area contributed by atoms with Crippen molar-refractivity contribution in [3.8, 4) is 11.3 Å². The van der Waals surface area contributed by atoms with Gasteiger partial charge in [0.05, 0.1) is 11.7 Å². The summed E-state index contributed by atoms with van der Waals surface area (Å²) in [5, 5.41) is 2.33. The van der Waals surface area contributed by atoms with Crippen LogP contribution >= 0.6 is 0 Å². The second kappa shape index (κ2) is 8.24. The number of carbonyl (C=O) groups is 1. The molecule has 1 aliphatic rings. The number of hydrogen-bond donors (Lipinski definition) is 1. The summed E-state index contributed by atoms with van der Waals surface area (Å²) in [5.74, 6) is 0.0775. The Labute approximate surface area is 215 Å². The van der Waals surface area contributed by atoms with Crippen LogP contribution in [-0.4, -0.2) is 20.4 Å². The smallest absolute Gasteiger partial charge is 0.255 e. The van der Waals surface area contributed by atoms with E-state index in [1.807, 2.05) is 30.5 Å². The summed E-state index contributed by atoms with van der Waals surface area (Å²) in [4.78, 5) is 19.4. The van der Waals surface area contributed by atoms with Gasteiger partial charge >= 0.3 is 0 Å². The number of benzene rings is 4. The zero-order valence-corrected chi connectivity index (χ0v) is 20.9. The molecule has 1 atom stereocenters. The third-order valence-electron chi connectivity index (χ3n) is 7.82. The summed E-state index contributed by atoms with van der Waals surface area (Å²) in [6.45, 7) is 2.64. The summed E-state index contributed by atoms with van der Waals surface area (Å²) < 4.78 is 2.28. The Balaban J connectivity index is 1.49. The zero-order chi connectivity index (χ0) is 25.1. The number of H-pyrrole nitrogens is 1. The number of nitrogens with zero attached hydrogens (tertiary/aromatic N) is 2. The van der Waals surface area contributed by atoms with E-state index in [2.05, 4.69) is 101 Å². The van der Waals surface area contributed by atoms with E-state index in [1.54, 1.807) is 0 Å². The minimum atomic E-state index is -0.195. The van der Waals surface area contributed by atoms with Crippen molar-refractivity contribution < 1.29 is 4.79 Å². The van der Waals surface area contributed by atoms with Crippen LogP contribution in [0.4, 0.5) is 0 Å². The molecule has 4 nitrogen and oxygen atoms in total. The van der Waals surface area contributed by atoms with Gasteiger partial charge in [0.1, 0.15) is 0 Å². The second-order valence-electron chi connectivity index (χ2n) is 9.99. The highest BCUT2D eigenvalue weighted by Gasteiger charge is 2.40. The molecule has 0 unspecified atom stereocenters. The van der Waals surface area contributed by atoms with Gasteiger partial charge in [-0.1, -0.05) is 84.4 Å². The molecule has 0 fully saturated rings. The van der Waals surface area contributed by atoms with Crippen LogP contribution in [0.2, 0.25) is 0 Å². The molecule has 7 rings (SSSR count). The Morgan fingerprint density at radius 2 is 1.51 bits per heavy atom. The van der Waals surface area contributed by atoms with Gasteiger partial charge in [-0.15, -0.1) is 0 Å². The largest absolute Gasteiger partial charge is 0.361 e. The first-order valence-corrected chi connectivity index (χ1v) is 12.7. The van der Waals surface area contributed by atoms with Crippen molar-refractivity contribution in [1.82, 2.24) is 14.5 Å². The van der Waals surface area contributed by atoms with Gasteiger partial charge in [-0.2, -0.15) is 0 Å². The minimum Gasteiger partial charge on any atom is -0.361 e. The van der Waals surface area contributed by atoms with Gasteiger partial charge in [-0.05, 0) is 41.8 Å². The quantitative estimate of drug-likeness (QED) is 0.280. The van der Waals surface area contributed by atoms with Crippen molar-refractivity contribution in [2.24, 2.45) is 7.05 Å². The molecule has 0 radical (unpaired) electrons. The number of para-hydroxylation sites is 2. The Bertz CT molecular complexity index is 1810. The monoisotopic (exact) mass is 481 g/mol. The molecule has 1 N–H and O–H groups in total. The van der Waals surface area contributed by atoms with Gasteiger partial charge in [-0.25, -0.2) is 0 Å². The fraction of sp³-hybridized carbons (Fsp3) is 0.121. The van der Waals surface area contributed by atoms with Crippen molar-refractivity contribution in [3.63, 3.8) is 0 Å². The van der Waals surface area contributed by atoms with Gasteiger partial charge in [-0.3, -0.25) is 4.79 Å². The summed E-state index contributed by atoms with van der Waals surface area (Å²) in [6, 6.07) is 33.4. The van der Waals surface area contributed by atoms with E-state index in [9.17, 15) is 4.79 Å². The lowest BCUT2D eigenvalue weighted by molar-refractivity contribution is 0.0738. The average molecular weight is 482 g/mol. The van der Waals surface area contributed by atoms with Crippen LogP contribution in [0.25, 0.3) is 33.1 Å². The van der Waals surface area contributed by atoms with Gasteiger partial charge in [0.15, 0.2) is 0 Å². The SMILES string of the molecule is Cc1ccc(-c2c([C@H]3c4ccccc4C(=O)N3Cc3c[nH]c4ccccc34)c3ccccc3n2C)cc1. The van der Waals surface area contributed by atoms with Crippen LogP contribution in [0.1, 0.15) is 38.7 Å². The second-order valence-corrected chi connectivity index (χ2v) is 9.99. The summed E-state index contributed by atoms with van der Waals surface area (Å²) in [5.41, 5.74) is 9.95. The van der Waals surface area contributed by atoms with E-state index in [0.29, 0.717) is 6.54 Å². The maximum atomic E-state index is 14.0. The van der Waals surface area contributed by atoms with Gasteiger partial charge < -0.3 is 14.5 Å². The van der Waals surface area contributed by atoms with Crippen LogP contribution in [-0.2, 0) is 13.6 Å². The van der Waals surface area contributed by atoms with Crippen LogP contribution in [0.15, 0.2) is 103 Å². The summed E-state index contributed by atoms with van der Waals surface area (Å²) >= 11 is 0. The molecular formula is C33H27N3O. The minimum absolute atomic E-state index is 0.0775. The standard InChI is InChI=1S/C33H27N3O/c1-21-15-17-22(18-16-21)31-30(27-12-6-8-14-29(27)35(31)2)32-25-10-3-4-11-26(25)33(37)36(32)20-23-19-34-28-13-7-5-9-24(23)28/h3-19,32,34H,20H2,1-2H3/t32-/m1/s1. The highest BCUT2D eigenvalue weighted by atomic mass is 16.2. The molecule has 37 heavy (non-hydrogen) atoms. The fourth-order valence-corrected chi connectivity index (χ4v) is 6.05. The van der Waals surface area contributed by atoms with Crippen molar-refractivity contribution in [3.05, 3.63) is 131 Å². The van der Waals surface area contributed by atoms with E-state index in [0.717, 1.165) is 44.4 Å². The molecule has 0 bridgehead atoms. The first-order valence-electron chi connectivity index (χ1n) is 12.7. The zero-order valence-electron chi connectivity index (χ0n) is 20.9. The number of carbonyl (C=O) groups excluding carboxylic acids is 1. The van der Waals surface area contributed by atoms with Crippen LogP contribution < -0.4 is 0 Å². The first kappa shape index (κ1) is 21.7. The molecule has 3 heterocycles. The van der Waals surface area contributed by atoms with E-state index in [-0.39, 0.29) is 11.9 Å². The fourth-order valence-electron chi connectivity index (χ4n) is 6.05. The molecule has 4 aromatic carbocycles. The van der Waals surface area contributed by atoms with Crippen molar-refractivity contribution in [2.75, 3.05) is 0 Å². The average Bonchev–Trinajstić information content (AvgIpc) is 3.56. The maximum Gasteiger partial charge on any atom is 0.255 e. The Hall–Kier alpha value is -4.57. The van der Waals surface area contributed by atoms with Crippen molar-refractivity contribution in [1.29, 1.82) is 0 Å². The van der Waals surface area contributed by atoms with Crippen LogP contribution in [0.5, 0.6) is 0 Å². The topological polar surface area (TPSA) is 41.0 Å². The van der Waals surface area contributed by atoms with E-state index < -0.39 is 0 Å². The Kier molecular flexibility index (Phi) is 4.83. The molecule has 2 aromatic heterocycles. The number of rotatable bonds is 4. The number of fused-ring (bicyclic) bond motifs is 3. The molecule has 0 aliphatic carbocycles. The highest BCUT2D eigenvalue weighted by molar-refractivity contribution is 6.02. The predicted molar refractivity (Wildman–Crippen MR) is 150 cm³/mol. The number of hydrogen-bond acceptors (Lipinski definition) is 1. The third kappa shape index (κ3) is 3.26. The third-order valence-corrected chi connectivity index (χ3v) is 7.82.